The van der Waals surface area contributed by atoms with Gasteiger partial charge in [-0.15, -0.1) is 0 Å². The van der Waals surface area contributed by atoms with Crippen molar-refractivity contribution in [2.45, 2.75) is 44.1 Å². The zero-order chi connectivity index (χ0) is 24.4. The molecular weight excluding hydrogens is 448 g/mol. The molecule has 6 heteroatoms. The summed E-state index contributed by atoms with van der Waals surface area (Å²) in [5, 5.41) is 0. The van der Waals surface area contributed by atoms with Gasteiger partial charge in [0.15, 0.2) is 0 Å². The summed E-state index contributed by atoms with van der Waals surface area (Å²) in [7, 11) is 1.68. The fraction of sp³-hybridized carbons (Fsp3) is 0.367. The zero-order valence-electron chi connectivity index (χ0n) is 20.7. The van der Waals surface area contributed by atoms with E-state index in [1.807, 2.05) is 11.0 Å². The van der Waals surface area contributed by atoms with Crippen molar-refractivity contribution in [3.8, 4) is 17.0 Å². The molecule has 3 atom stereocenters. The molecule has 0 unspecified atom stereocenters. The summed E-state index contributed by atoms with van der Waals surface area (Å²) < 4.78 is 7.92. The monoisotopic (exact) mass is 478 g/mol. The first-order chi connectivity index (χ1) is 17.6. The van der Waals surface area contributed by atoms with Gasteiger partial charge in [-0.25, -0.2) is 9.97 Å². The third-order valence-electron chi connectivity index (χ3n) is 8.59. The molecule has 2 aromatic carbocycles. The molecule has 1 aliphatic carbocycles. The van der Waals surface area contributed by atoms with Gasteiger partial charge in [0, 0.05) is 49.4 Å². The van der Waals surface area contributed by atoms with Gasteiger partial charge in [-0.1, -0.05) is 42.8 Å². The van der Waals surface area contributed by atoms with E-state index in [-0.39, 0.29) is 17.9 Å². The predicted octanol–water partition coefficient (Wildman–Crippen LogP) is 5.54. The number of benzene rings is 2. The number of rotatable bonds is 4. The summed E-state index contributed by atoms with van der Waals surface area (Å²) in [6.07, 6.45) is 3.63. The van der Waals surface area contributed by atoms with Crippen molar-refractivity contribution < 1.29 is 9.53 Å². The summed E-state index contributed by atoms with van der Waals surface area (Å²) in [5.41, 5.74) is 6.97. The summed E-state index contributed by atoms with van der Waals surface area (Å²) in [6.45, 7) is 3.20. The third kappa shape index (κ3) is 3.20. The predicted molar refractivity (Wildman–Crippen MR) is 139 cm³/mol. The number of carbonyl (C=O) groups is 1. The molecule has 6 nitrogen and oxygen atoms in total. The van der Waals surface area contributed by atoms with Gasteiger partial charge in [0.2, 0.25) is 11.8 Å². The highest BCUT2D eigenvalue weighted by atomic mass is 16.5. The second kappa shape index (κ2) is 8.19. The normalized spacial score (nSPS) is 22.9. The van der Waals surface area contributed by atoms with Crippen LogP contribution in [0.25, 0.3) is 22.2 Å². The van der Waals surface area contributed by atoms with Crippen LogP contribution in [0.15, 0.2) is 60.7 Å². The number of hydrogen-bond donors (Lipinski definition) is 0. The molecule has 1 saturated carbocycles. The van der Waals surface area contributed by atoms with E-state index in [4.69, 9.17) is 14.7 Å². The lowest BCUT2D eigenvalue weighted by Gasteiger charge is -2.27. The molecule has 2 fully saturated rings. The van der Waals surface area contributed by atoms with Crippen molar-refractivity contribution in [2.75, 3.05) is 20.2 Å². The lowest BCUT2D eigenvalue weighted by atomic mass is 9.80. The molecule has 0 radical (unpaired) electrons. The SMILES string of the molecule is COc1ccc(-c2ccc3nc4n(c3c2)[C@@H](c2ccccc2)[C@H]2CN(C(C)=O)C[C@@H]42)c(C2CCC2)n1. The molecular formula is C30H30N4O2. The van der Waals surface area contributed by atoms with Crippen LogP contribution >= 0.6 is 0 Å². The molecule has 1 amide bonds. The van der Waals surface area contributed by atoms with Crippen molar-refractivity contribution in [2.24, 2.45) is 5.92 Å². The number of nitrogens with zero attached hydrogens (tertiary/aromatic N) is 4. The number of hydrogen-bond acceptors (Lipinski definition) is 4. The highest BCUT2D eigenvalue weighted by Crippen LogP contribution is 2.51. The fourth-order valence-electron chi connectivity index (χ4n) is 6.56. The number of aromatic nitrogens is 3. The quantitative estimate of drug-likeness (QED) is 0.386. The number of fused-ring (bicyclic) bond motifs is 5. The van der Waals surface area contributed by atoms with Crippen molar-refractivity contribution >= 4 is 16.9 Å². The molecule has 182 valence electrons. The van der Waals surface area contributed by atoms with Gasteiger partial charge < -0.3 is 14.2 Å². The molecule has 7 rings (SSSR count). The number of carbonyl (C=O) groups excluding carboxylic acids is 1. The first kappa shape index (κ1) is 21.6. The van der Waals surface area contributed by atoms with Crippen LogP contribution in [0, 0.1) is 5.92 Å². The standard InChI is InChI=1S/C30H30N4O2/c1-18(35)33-16-23-24(17-33)30-31-25-13-11-21(15-26(25)34(30)29(23)20-7-4-3-5-8-20)22-12-14-27(36-2)32-28(22)19-9-6-10-19/h3-5,7-8,11-15,19,23-24,29H,6,9-10,16-17H2,1-2H3/t23-,24+,29-/m0/s1. The molecule has 0 spiro atoms. The lowest BCUT2D eigenvalue weighted by molar-refractivity contribution is -0.128. The average molecular weight is 479 g/mol. The Hall–Kier alpha value is -3.67. The largest absolute Gasteiger partial charge is 0.481 e. The summed E-state index contributed by atoms with van der Waals surface area (Å²) in [5.74, 6) is 3.02. The van der Waals surface area contributed by atoms with Gasteiger partial charge in [0.25, 0.3) is 0 Å². The highest BCUT2D eigenvalue weighted by molar-refractivity contribution is 5.84. The smallest absolute Gasteiger partial charge is 0.219 e. The van der Waals surface area contributed by atoms with E-state index in [2.05, 4.69) is 59.2 Å². The van der Waals surface area contributed by atoms with Crippen LogP contribution in [-0.4, -0.2) is 45.5 Å². The van der Waals surface area contributed by atoms with Gasteiger partial charge in [-0.05, 0) is 42.2 Å². The van der Waals surface area contributed by atoms with Crippen LogP contribution < -0.4 is 4.74 Å². The van der Waals surface area contributed by atoms with Gasteiger partial charge in [0.1, 0.15) is 5.82 Å². The zero-order valence-corrected chi connectivity index (χ0v) is 20.7. The number of pyridine rings is 1. The van der Waals surface area contributed by atoms with E-state index in [9.17, 15) is 4.79 Å². The van der Waals surface area contributed by atoms with Crippen LogP contribution in [0.5, 0.6) is 5.88 Å². The minimum atomic E-state index is 0.150. The van der Waals surface area contributed by atoms with Crippen LogP contribution in [0.1, 0.15) is 61.1 Å². The van der Waals surface area contributed by atoms with Gasteiger partial charge >= 0.3 is 0 Å². The van der Waals surface area contributed by atoms with Gasteiger partial charge in [0.05, 0.1) is 29.9 Å². The molecule has 3 aliphatic rings. The maximum Gasteiger partial charge on any atom is 0.219 e. The van der Waals surface area contributed by atoms with Crippen molar-refractivity contribution in [3.63, 3.8) is 0 Å². The summed E-state index contributed by atoms with van der Waals surface area (Å²) in [4.78, 5) is 24.3. The summed E-state index contributed by atoms with van der Waals surface area (Å²) in [6, 6.07) is 21.6. The molecule has 4 aromatic rings. The number of likely N-dealkylation sites (tertiary alicyclic amines) is 1. The molecule has 1 saturated heterocycles. The summed E-state index contributed by atoms with van der Waals surface area (Å²) >= 11 is 0. The van der Waals surface area contributed by atoms with E-state index in [1.54, 1.807) is 14.0 Å². The van der Waals surface area contributed by atoms with Crippen molar-refractivity contribution in [3.05, 3.63) is 77.7 Å². The molecule has 36 heavy (non-hydrogen) atoms. The number of imidazole rings is 1. The lowest BCUT2D eigenvalue weighted by Crippen LogP contribution is -2.28. The Bertz CT molecular complexity index is 1470. The van der Waals surface area contributed by atoms with E-state index >= 15 is 0 Å². The van der Waals surface area contributed by atoms with E-state index in [0.29, 0.717) is 17.7 Å². The van der Waals surface area contributed by atoms with E-state index < -0.39 is 0 Å². The topological polar surface area (TPSA) is 60.2 Å². The molecule has 2 aromatic heterocycles. The number of methoxy groups -OCH3 is 1. The van der Waals surface area contributed by atoms with Crippen molar-refractivity contribution in [1.29, 1.82) is 0 Å². The minimum absolute atomic E-state index is 0.150. The van der Waals surface area contributed by atoms with Crippen LogP contribution in [-0.2, 0) is 4.79 Å². The number of ether oxygens (including phenoxy) is 1. The van der Waals surface area contributed by atoms with Crippen LogP contribution in [0.3, 0.4) is 0 Å². The fourth-order valence-corrected chi connectivity index (χ4v) is 6.56. The molecule has 4 heterocycles. The van der Waals surface area contributed by atoms with Gasteiger partial charge in [-0.3, -0.25) is 4.79 Å². The Balaban J connectivity index is 1.39. The Kier molecular flexibility index (Phi) is 4.91. The highest BCUT2D eigenvalue weighted by Gasteiger charge is 2.49. The molecule has 0 bridgehead atoms. The van der Waals surface area contributed by atoms with E-state index in [1.165, 1.54) is 36.0 Å². The Morgan fingerprint density at radius 3 is 2.56 bits per heavy atom. The van der Waals surface area contributed by atoms with Crippen LogP contribution in [0.4, 0.5) is 0 Å². The average Bonchev–Trinajstić information content (AvgIpc) is 3.53. The van der Waals surface area contributed by atoms with Crippen LogP contribution in [0.2, 0.25) is 0 Å². The number of amides is 1. The molecule has 2 aliphatic heterocycles. The Morgan fingerprint density at radius 2 is 1.83 bits per heavy atom. The maximum atomic E-state index is 12.3. The van der Waals surface area contributed by atoms with E-state index in [0.717, 1.165) is 35.6 Å². The van der Waals surface area contributed by atoms with Gasteiger partial charge in [-0.2, -0.15) is 0 Å². The maximum absolute atomic E-state index is 12.3. The first-order valence-electron chi connectivity index (χ1n) is 13.0. The molecule has 0 N–H and O–H groups in total. The second-order valence-corrected chi connectivity index (χ2v) is 10.5. The minimum Gasteiger partial charge on any atom is -0.481 e. The Morgan fingerprint density at radius 1 is 1.00 bits per heavy atom. The Labute approximate surface area is 210 Å². The first-order valence-corrected chi connectivity index (χ1v) is 13.0. The second-order valence-electron chi connectivity index (χ2n) is 10.5. The van der Waals surface area contributed by atoms with Crippen molar-refractivity contribution in [1.82, 2.24) is 19.4 Å². The third-order valence-corrected chi connectivity index (χ3v) is 8.59.